The van der Waals surface area contributed by atoms with Crippen LogP contribution in [-0.4, -0.2) is 16.6 Å². The molecule has 0 bridgehead atoms. The predicted octanol–water partition coefficient (Wildman–Crippen LogP) is 3.11. The van der Waals surface area contributed by atoms with E-state index in [0.717, 1.165) is 10.0 Å². The third kappa shape index (κ3) is 1.95. The SMILES string of the molecule is O=C1/C(=C\c2ccc(Br)cc2)N=C2C=CC=CN12. The largest absolute Gasteiger partial charge is 0.282 e. The lowest BCUT2D eigenvalue weighted by Gasteiger charge is -2.11. The molecule has 0 atom stereocenters. The van der Waals surface area contributed by atoms with E-state index in [9.17, 15) is 4.79 Å². The van der Waals surface area contributed by atoms with Gasteiger partial charge in [-0.05, 0) is 35.9 Å². The normalized spacial score (nSPS) is 19.4. The zero-order valence-electron chi connectivity index (χ0n) is 9.38. The second-order valence-electron chi connectivity index (χ2n) is 3.93. The monoisotopic (exact) mass is 300 g/mol. The maximum absolute atomic E-state index is 12.1. The van der Waals surface area contributed by atoms with Crippen LogP contribution in [0.2, 0.25) is 0 Å². The Morgan fingerprint density at radius 3 is 2.67 bits per heavy atom. The zero-order valence-corrected chi connectivity index (χ0v) is 11.0. The van der Waals surface area contributed by atoms with Crippen molar-refractivity contribution in [1.29, 1.82) is 0 Å². The summed E-state index contributed by atoms with van der Waals surface area (Å²) in [6.07, 6.45) is 9.02. The lowest BCUT2D eigenvalue weighted by Crippen LogP contribution is -2.26. The molecule has 2 heterocycles. The van der Waals surface area contributed by atoms with Crippen molar-refractivity contribution in [2.75, 3.05) is 0 Å². The molecule has 18 heavy (non-hydrogen) atoms. The summed E-state index contributed by atoms with van der Waals surface area (Å²) in [7, 11) is 0. The molecule has 0 aliphatic carbocycles. The Bertz CT molecular complexity index is 624. The van der Waals surface area contributed by atoms with Gasteiger partial charge < -0.3 is 0 Å². The van der Waals surface area contributed by atoms with Crippen LogP contribution in [0.15, 0.2) is 63.9 Å². The molecule has 0 spiro atoms. The van der Waals surface area contributed by atoms with E-state index in [1.165, 1.54) is 0 Å². The molecular formula is C14H9BrN2O. The topological polar surface area (TPSA) is 32.7 Å². The highest BCUT2D eigenvalue weighted by molar-refractivity contribution is 9.10. The molecule has 2 aliphatic rings. The van der Waals surface area contributed by atoms with Gasteiger partial charge in [0.15, 0.2) is 0 Å². The summed E-state index contributed by atoms with van der Waals surface area (Å²) in [4.78, 5) is 17.9. The van der Waals surface area contributed by atoms with E-state index in [1.807, 2.05) is 42.5 Å². The number of carbonyl (C=O) groups is 1. The third-order valence-electron chi connectivity index (χ3n) is 2.68. The summed E-state index contributed by atoms with van der Waals surface area (Å²) in [6, 6.07) is 7.75. The number of benzene rings is 1. The van der Waals surface area contributed by atoms with Crippen molar-refractivity contribution in [3.8, 4) is 0 Å². The van der Waals surface area contributed by atoms with Gasteiger partial charge in [0.2, 0.25) is 0 Å². The van der Waals surface area contributed by atoms with Crippen LogP contribution >= 0.6 is 15.9 Å². The molecule has 0 saturated heterocycles. The lowest BCUT2D eigenvalue weighted by molar-refractivity contribution is -0.120. The Morgan fingerprint density at radius 1 is 1.17 bits per heavy atom. The lowest BCUT2D eigenvalue weighted by atomic mass is 10.2. The first-order chi connectivity index (χ1) is 8.74. The molecule has 88 valence electrons. The van der Waals surface area contributed by atoms with E-state index in [0.29, 0.717) is 11.5 Å². The molecule has 2 aliphatic heterocycles. The van der Waals surface area contributed by atoms with Gasteiger partial charge in [-0.1, -0.05) is 34.1 Å². The number of fused-ring (bicyclic) bond motifs is 1. The van der Waals surface area contributed by atoms with Crippen molar-refractivity contribution >= 4 is 33.7 Å². The van der Waals surface area contributed by atoms with Crippen LogP contribution in [0.25, 0.3) is 6.08 Å². The van der Waals surface area contributed by atoms with Gasteiger partial charge in [0, 0.05) is 10.7 Å². The van der Waals surface area contributed by atoms with Crippen LogP contribution in [0.1, 0.15) is 5.56 Å². The van der Waals surface area contributed by atoms with E-state index in [4.69, 9.17) is 0 Å². The molecule has 1 amide bonds. The molecule has 1 aromatic carbocycles. The van der Waals surface area contributed by atoms with Gasteiger partial charge in [-0.3, -0.25) is 9.69 Å². The maximum atomic E-state index is 12.1. The Morgan fingerprint density at radius 2 is 1.94 bits per heavy atom. The highest BCUT2D eigenvalue weighted by Crippen LogP contribution is 2.21. The smallest absolute Gasteiger partial charge is 0.266 e. The fourth-order valence-electron chi connectivity index (χ4n) is 1.80. The number of carbonyl (C=O) groups excluding carboxylic acids is 1. The molecule has 1 aromatic rings. The van der Waals surface area contributed by atoms with E-state index < -0.39 is 0 Å². The summed E-state index contributed by atoms with van der Waals surface area (Å²) in [5.74, 6) is 0.583. The van der Waals surface area contributed by atoms with E-state index in [-0.39, 0.29) is 5.91 Å². The van der Waals surface area contributed by atoms with E-state index in [2.05, 4.69) is 20.9 Å². The number of amides is 1. The second kappa shape index (κ2) is 4.38. The molecule has 0 unspecified atom stereocenters. The molecule has 0 fully saturated rings. The molecule has 0 aromatic heterocycles. The molecule has 3 nitrogen and oxygen atoms in total. The summed E-state index contributed by atoms with van der Waals surface area (Å²) < 4.78 is 1.01. The first-order valence-electron chi connectivity index (χ1n) is 5.48. The number of amidine groups is 1. The van der Waals surface area contributed by atoms with Gasteiger partial charge in [-0.15, -0.1) is 0 Å². The Hall–Kier alpha value is -1.94. The minimum absolute atomic E-state index is 0.0893. The third-order valence-corrected chi connectivity index (χ3v) is 3.21. The summed E-state index contributed by atoms with van der Waals surface area (Å²) >= 11 is 3.38. The second-order valence-corrected chi connectivity index (χ2v) is 4.84. The number of allylic oxidation sites excluding steroid dienone is 2. The van der Waals surface area contributed by atoms with Crippen molar-refractivity contribution in [1.82, 2.24) is 4.90 Å². The first kappa shape index (κ1) is 11.2. The van der Waals surface area contributed by atoms with Crippen LogP contribution in [0, 0.1) is 0 Å². The zero-order chi connectivity index (χ0) is 12.5. The fourth-order valence-corrected chi connectivity index (χ4v) is 2.07. The standard InChI is InChI=1S/C14H9BrN2O/c15-11-6-4-10(5-7-11)9-12-14(18)17-8-2-1-3-13(17)16-12/h1-9H/b12-9+. The van der Waals surface area contributed by atoms with Crippen molar-refractivity contribution < 1.29 is 4.79 Å². The predicted molar refractivity (Wildman–Crippen MR) is 74.7 cm³/mol. The van der Waals surface area contributed by atoms with Crippen LogP contribution in [0.5, 0.6) is 0 Å². The summed E-state index contributed by atoms with van der Waals surface area (Å²) in [5.41, 5.74) is 1.42. The molecule has 3 rings (SSSR count). The Balaban J connectivity index is 1.96. The van der Waals surface area contributed by atoms with Gasteiger partial charge in [-0.25, -0.2) is 4.99 Å². The van der Waals surface area contributed by atoms with E-state index in [1.54, 1.807) is 17.2 Å². The van der Waals surface area contributed by atoms with Crippen LogP contribution < -0.4 is 0 Å². The van der Waals surface area contributed by atoms with Gasteiger partial charge >= 0.3 is 0 Å². The van der Waals surface area contributed by atoms with Crippen molar-refractivity contribution in [2.45, 2.75) is 0 Å². The maximum Gasteiger partial charge on any atom is 0.282 e. The minimum Gasteiger partial charge on any atom is -0.266 e. The highest BCUT2D eigenvalue weighted by Gasteiger charge is 2.27. The van der Waals surface area contributed by atoms with Crippen molar-refractivity contribution in [2.24, 2.45) is 4.99 Å². The average molecular weight is 301 g/mol. The molecule has 4 heteroatoms. The number of aliphatic imine (C=N–C) groups is 1. The van der Waals surface area contributed by atoms with Gasteiger partial charge in [0.05, 0.1) is 0 Å². The van der Waals surface area contributed by atoms with Crippen LogP contribution in [-0.2, 0) is 4.79 Å². The average Bonchev–Trinajstić information content (AvgIpc) is 2.70. The van der Waals surface area contributed by atoms with Gasteiger partial charge in [-0.2, -0.15) is 0 Å². The fraction of sp³-hybridized carbons (Fsp3) is 0. The summed E-state index contributed by atoms with van der Waals surface area (Å²) in [5, 5.41) is 0. The molecular weight excluding hydrogens is 292 g/mol. The van der Waals surface area contributed by atoms with Crippen LogP contribution in [0.3, 0.4) is 0 Å². The first-order valence-corrected chi connectivity index (χ1v) is 6.28. The minimum atomic E-state index is -0.0893. The molecule has 0 N–H and O–H groups in total. The van der Waals surface area contributed by atoms with Gasteiger partial charge in [0.25, 0.3) is 5.91 Å². The molecule has 0 radical (unpaired) electrons. The van der Waals surface area contributed by atoms with Crippen molar-refractivity contribution in [3.05, 3.63) is 64.4 Å². The quantitative estimate of drug-likeness (QED) is 0.734. The number of hydrogen-bond acceptors (Lipinski definition) is 2. The number of hydrogen-bond donors (Lipinski definition) is 0. The van der Waals surface area contributed by atoms with Crippen LogP contribution in [0.4, 0.5) is 0 Å². The number of halogens is 1. The summed E-state index contributed by atoms with van der Waals surface area (Å²) in [6.45, 7) is 0. The molecule has 0 saturated carbocycles. The highest BCUT2D eigenvalue weighted by atomic mass is 79.9. The Kier molecular flexibility index (Phi) is 2.72. The number of rotatable bonds is 1. The van der Waals surface area contributed by atoms with Crippen molar-refractivity contribution in [3.63, 3.8) is 0 Å². The van der Waals surface area contributed by atoms with E-state index >= 15 is 0 Å². The Labute approximate surface area is 113 Å². The van der Waals surface area contributed by atoms with Gasteiger partial charge in [0.1, 0.15) is 11.5 Å². The number of nitrogens with zero attached hydrogens (tertiary/aromatic N) is 2.